The maximum Gasteiger partial charge on any atom is 0.305 e. The molecule has 0 N–H and O–H groups in total. The molecular weight excluding hydrogens is 669 g/mol. The Morgan fingerprint density at radius 2 is 0.852 bits per heavy atom. The maximum absolute atomic E-state index is 12.4. The second-order valence-electron chi connectivity index (χ2n) is 17.0. The Bertz CT molecular complexity index is 790. The van der Waals surface area contributed by atoms with Crippen LogP contribution in [0, 0.1) is 5.92 Å². The van der Waals surface area contributed by atoms with Crippen LogP contribution in [0.25, 0.3) is 0 Å². The van der Waals surface area contributed by atoms with E-state index in [1.54, 1.807) is 0 Å². The summed E-state index contributed by atoms with van der Waals surface area (Å²) in [5.74, 6) is 0.817. The Morgan fingerprint density at radius 3 is 1.39 bits per heavy atom. The van der Waals surface area contributed by atoms with E-state index < -0.39 is 0 Å². The molecule has 54 heavy (non-hydrogen) atoms. The molecule has 1 fully saturated rings. The topological polar surface area (TPSA) is 59.1 Å². The molecule has 1 saturated heterocycles. The highest BCUT2D eigenvalue weighted by Gasteiger charge is 2.13. The van der Waals surface area contributed by atoms with Gasteiger partial charge in [-0.3, -0.25) is 9.59 Å². The lowest BCUT2D eigenvalue weighted by Crippen LogP contribution is -2.30. The van der Waals surface area contributed by atoms with E-state index in [1.807, 2.05) is 0 Å². The van der Waals surface area contributed by atoms with Crippen molar-refractivity contribution in [1.82, 2.24) is 9.80 Å². The number of ether oxygens (including phenoxy) is 2. The van der Waals surface area contributed by atoms with Crippen LogP contribution >= 0.6 is 0 Å². The molecule has 1 aliphatic heterocycles. The SMILES string of the molecule is CCCCCCCCCCCOC(=O)CCCCCN(CCCCCCCC(=O)OCCCC(CCCCCC)CCCCCC)CCCN1CCCC1. The molecule has 6 nitrogen and oxygen atoms in total. The van der Waals surface area contributed by atoms with Crippen LogP contribution in [0.2, 0.25) is 0 Å². The average molecular weight is 763 g/mol. The van der Waals surface area contributed by atoms with E-state index in [2.05, 4.69) is 30.6 Å². The highest BCUT2D eigenvalue weighted by Crippen LogP contribution is 2.23. The van der Waals surface area contributed by atoms with Crippen molar-refractivity contribution in [3.05, 3.63) is 0 Å². The second-order valence-corrected chi connectivity index (χ2v) is 17.0. The first-order valence-corrected chi connectivity index (χ1v) is 24.3. The summed E-state index contributed by atoms with van der Waals surface area (Å²) in [5.41, 5.74) is 0. The molecule has 0 saturated carbocycles. The highest BCUT2D eigenvalue weighted by atomic mass is 16.5. The second kappa shape index (κ2) is 40.1. The number of hydrogen-bond donors (Lipinski definition) is 0. The first kappa shape index (κ1) is 50.9. The summed E-state index contributed by atoms with van der Waals surface area (Å²) in [6.07, 6.45) is 41.4. The zero-order valence-corrected chi connectivity index (χ0v) is 36.8. The third-order valence-electron chi connectivity index (χ3n) is 11.8. The van der Waals surface area contributed by atoms with Gasteiger partial charge in [0.15, 0.2) is 0 Å². The van der Waals surface area contributed by atoms with Gasteiger partial charge in [0, 0.05) is 12.8 Å². The Kier molecular flexibility index (Phi) is 37.8. The van der Waals surface area contributed by atoms with Crippen molar-refractivity contribution in [3.63, 3.8) is 0 Å². The van der Waals surface area contributed by atoms with Crippen LogP contribution in [0.1, 0.15) is 239 Å². The van der Waals surface area contributed by atoms with E-state index in [0.717, 1.165) is 57.4 Å². The Balaban J connectivity index is 2.15. The van der Waals surface area contributed by atoms with Gasteiger partial charge in [-0.15, -0.1) is 0 Å². The van der Waals surface area contributed by atoms with Crippen molar-refractivity contribution in [3.8, 4) is 0 Å². The zero-order chi connectivity index (χ0) is 39.0. The fraction of sp³-hybridized carbons (Fsp3) is 0.958. The quantitative estimate of drug-likeness (QED) is 0.0456. The molecule has 1 aliphatic rings. The van der Waals surface area contributed by atoms with Crippen LogP contribution in [-0.4, -0.2) is 74.2 Å². The lowest BCUT2D eigenvalue weighted by atomic mass is 9.91. The third kappa shape index (κ3) is 34.1. The molecule has 0 aromatic heterocycles. The summed E-state index contributed by atoms with van der Waals surface area (Å²) >= 11 is 0. The van der Waals surface area contributed by atoms with Gasteiger partial charge >= 0.3 is 11.9 Å². The normalized spacial score (nSPS) is 13.4. The van der Waals surface area contributed by atoms with Crippen LogP contribution in [0.3, 0.4) is 0 Å². The van der Waals surface area contributed by atoms with E-state index in [4.69, 9.17) is 9.47 Å². The van der Waals surface area contributed by atoms with E-state index in [-0.39, 0.29) is 11.9 Å². The molecule has 0 unspecified atom stereocenters. The molecule has 0 aromatic rings. The highest BCUT2D eigenvalue weighted by molar-refractivity contribution is 5.69. The number of carbonyl (C=O) groups excluding carboxylic acids is 2. The minimum atomic E-state index is -0.00423. The molecule has 0 atom stereocenters. The van der Waals surface area contributed by atoms with Gasteiger partial charge in [0.2, 0.25) is 0 Å². The molecule has 0 bridgehead atoms. The summed E-state index contributed by atoms with van der Waals surface area (Å²) < 4.78 is 11.2. The van der Waals surface area contributed by atoms with Crippen LogP contribution in [0.15, 0.2) is 0 Å². The number of rotatable bonds is 42. The predicted molar refractivity (Wildman–Crippen MR) is 232 cm³/mol. The lowest BCUT2D eigenvalue weighted by Gasteiger charge is -2.24. The fourth-order valence-corrected chi connectivity index (χ4v) is 8.23. The van der Waals surface area contributed by atoms with Crippen LogP contribution in [-0.2, 0) is 19.1 Å². The van der Waals surface area contributed by atoms with Crippen molar-refractivity contribution in [2.24, 2.45) is 5.92 Å². The van der Waals surface area contributed by atoms with Gasteiger partial charge in [-0.25, -0.2) is 0 Å². The van der Waals surface area contributed by atoms with Gasteiger partial charge in [0.25, 0.3) is 0 Å². The van der Waals surface area contributed by atoms with Gasteiger partial charge in [0.05, 0.1) is 13.2 Å². The number of nitrogens with zero attached hydrogens (tertiary/aromatic N) is 2. The van der Waals surface area contributed by atoms with E-state index >= 15 is 0 Å². The standard InChI is InChI=1S/C48H94N2O4/c1-4-7-10-13-14-15-16-20-30-44-53-47(51)37-25-21-27-39-49(42-32-43-50-40-28-29-41-50)38-26-19-17-18-24-36-48(52)54-45-31-35-46(33-22-11-8-5-2)34-23-12-9-6-3/h46H,4-45H2,1-3H3. The number of hydrogen-bond acceptors (Lipinski definition) is 6. The third-order valence-corrected chi connectivity index (χ3v) is 11.8. The largest absolute Gasteiger partial charge is 0.466 e. The summed E-state index contributed by atoms with van der Waals surface area (Å²) in [6, 6.07) is 0. The van der Waals surface area contributed by atoms with Gasteiger partial charge in [-0.05, 0) is 109 Å². The Morgan fingerprint density at radius 1 is 0.463 bits per heavy atom. The van der Waals surface area contributed by atoms with Crippen molar-refractivity contribution < 1.29 is 19.1 Å². The average Bonchev–Trinajstić information content (AvgIpc) is 3.70. The molecule has 320 valence electrons. The van der Waals surface area contributed by atoms with Crippen LogP contribution < -0.4 is 0 Å². The molecule has 0 amide bonds. The van der Waals surface area contributed by atoms with Crippen molar-refractivity contribution in [2.45, 2.75) is 239 Å². The molecule has 1 rings (SSSR count). The first-order valence-electron chi connectivity index (χ1n) is 24.3. The minimum absolute atomic E-state index is 0.00423. The van der Waals surface area contributed by atoms with Gasteiger partial charge in [-0.2, -0.15) is 0 Å². The first-order chi connectivity index (χ1) is 26.6. The van der Waals surface area contributed by atoms with E-state index in [9.17, 15) is 9.59 Å². The molecule has 0 aromatic carbocycles. The van der Waals surface area contributed by atoms with Crippen molar-refractivity contribution in [1.29, 1.82) is 0 Å². The minimum Gasteiger partial charge on any atom is -0.466 e. The smallest absolute Gasteiger partial charge is 0.305 e. The van der Waals surface area contributed by atoms with Crippen molar-refractivity contribution in [2.75, 3.05) is 52.5 Å². The maximum atomic E-state index is 12.4. The fourth-order valence-electron chi connectivity index (χ4n) is 8.23. The zero-order valence-electron chi connectivity index (χ0n) is 36.8. The van der Waals surface area contributed by atoms with Crippen LogP contribution in [0.4, 0.5) is 0 Å². The number of likely N-dealkylation sites (tertiary alicyclic amines) is 1. The lowest BCUT2D eigenvalue weighted by molar-refractivity contribution is -0.144. The predicted octanol–water partition coefficient (Wildman–Crippen LogP) is 13.6. The summed E-state index contributed by atoms with van der Waals surface area (Å²) in [5, 5.41) is 0. The van der Waals surface area contributed by atoms with Gasteiger partial charge in [-0.1, -0.05) is 162 Å². The molecular formula is C48H94N2O4. The van der Waals surface area contributed by atoms with Gasteiger partial charge in [0.1, 0.15) is 0 Å². The van der Waals surface area contributed by atoms with Crippen molar-refractivity contribution >= 4 is 11.9 Å². The summed E-state index contributed by atoms with van der Waals surface area (Å²) in [6.45, 7) is 15.3. The number of esters is 2. The molecule has 6 heteroatoms. The molecule has 0 radical (unpaired) electrons. The number of unbranched alkanes of at least 4 members (excludes halogenated alkanes) is 20. The summed E-state index contributed by atoms with van der Waals surface area (Å²) in [4.78, 5) is 29.9. The summed E-state index contributed by atoms with van der Waals surface area (Å²) in [7, 11) is 0. The van der Waals surface area contributed by atoms with E-state index in [1.165, 1.54) is 193 Å². The van der Waals surface area contributed by atoms with Crippen LogP contribution in [0.5, 0.6) is 0 Å². The molecule has 1 heterocycles. The Labute approximate surface area is 337 Å². The Hall–Kier alpha value is -1.14. The molecule has 0 spiro atoms. The molecule has 0 aliphatic carbocycles. The monoisotopic (exact) mass is 763 g/mol. The number of carbonyl (C=O) groups is 2. The van der Waals surface area contributed by atoms with Gasteiger partial charge < -0.3 is 19.3 Å². The van der Waals surface area contributed by atoms with E-state index in [0.29, 0.717) is 26.1 Å².